The summed E-state index contributed by atoms with van der Waals surface area (Å²) in [5, 5.41) is 2.50. The van der Waals surface area contributed by atoms with Crippen LogP contribution in [-0.4, -0.2) is 5.91 Å². The monoisotopic (exact) mass is 313 g/mol. The van der Waals surface area contributed by atoms with Crippen LogP contribution in [0.15, 0.2) is 30.3 Å². The second kappa shape index (κ2) is 5.56. The summed E-state index contributed by atoms with van der Waals surface area (Å²) in [6, 6.07) is 6.54. The Hall–Kier alpha value is -1.98. The lowest BCUT2D eigenvalue weighted by Crippen LogP contribution is -2.13. The Morgan fingerprint density at radius 3 is 2.00 bits per heavy atom. The van der Waals surface area contributed by atoms with Gasteiger partial charge in [-0.3, -0.25) is 4.79 Å². The molecule has 0 fully saturated rings. The maximum atomic E-state index is 13.1. The van der Waals surface area contributed by atoms with Crippen molar-refractivity contribution in [2.75, 3.05) is 16.8 Å². The molecular weight excluding hydrogens is 304 g/mol. The van der Waals surface area contributed by atoms with Crippen LogP contribution in [0.3, 0.4) is 0 Å². The number of nitrogen functional groups attached to an aromatic ring is 2. The third kappa shape index (κ3) is 3.12. The van der Waals surface area contributed by atoms with Gasteiger partial charge in [-0.05, 0) is 30.3 Å². The number of carbonyl (C=O) groups excluding carboxylic acids is 1. The molecule has 0 aliphatic carbocycles. The molecule has 0 heterocycles. The minimum Gasteiger partial charge on any atom is -0.399 e. The second-order valence-electron chi connectivity index (χ2n) is 4.09. The maximum absolute atomic E-state index is 13.1. The van der Waals surface area contributed by atoms with Crippen molar-refractivity contribution in [2.45, 2.75) is 0 Å². The van der Waals surface area contributed by atoms with E-state index >= 15 is 0 Å². The number of hydrogen-bond acceptors (Lipinski definition) is 3. The van der Waals surface area contributed by atoms with Gasteiger partial charge in [0.15, 0.2) is 0 Å². The highest BCUT2D eigenvalue weighted by atomic mass is 35.5. The van der Waals surface area contributed by atoms with Gasteiger partial charge in [-0.1, -0.05) is 23.2 Å². The van der Waals surface area contributed by atoms with Gasteiger partial charge in [0.25, 0.3) is 5.91 Å². The normalized spacial score (nSPS) is 10.3. The molecule has 0 atom stereocenters. The van der Waals surface area contributed by atoms with Crippen molar-refractivity contribution in [3.8, 4) is 0 Å². The fourth-order valence-electron chi connectivity index (χ4n) is 1.65. The Bertz CT molecular complexity index is 648. The molecule has 104 valence electrons. The quantitative estimate of drug-likeness (QED) is 0.742. The Balaban J connectivity index is 2.32. The van der Waals surface area contributed by atoms with Crippen LogP contribution in [0.4, 0.5) is 21.5 Å². The van der Waals surface area contributed by atoms with Crippen molar-refractivity contribution < 1.29 is 9.18 Å². The van der Waals surface area contributed by atoms with E-state index in [4.69, 9.17) is 34.7 Å². The number of benzene rings is 2. The Labute approximate surface area is 124 Å². The molecule has 0 aliphatic rings. The summed E-state index contributed by atoms with van der Waals surface area (Å²) in [4.78, 5) is 12.1. The molecule has 7 heteroatoms. The van der Waals surface area contributed by atoms with Crippen molar-refractivity contribution in [2.24, 2.45) is 0 Å². The number of nitrogens with one attached hydrogen (secondary N) is 1. The fraction of sp³-hybridized carbons (Fsp3) is 0. The van der Waals surface area contributed by atoms with Crippen LogP contribution in [0, 0.1) is 5.82 Å². The lowest BCUT2D eigenvalue weighted by molar-refractivity contribution is 0.102. The highest BCUT2D eigenvalue weighted by Gasteiger charge is 2.14. The Kier molecular flexibility index (Phi) is 4.01. The van der Waals surface area contributed by atoms with E-state index in [0.717, 1.165) is 12.1 Å². The molecular formula is C13H10Cl2FN3O. The van der Waals surface area contributed by atoms with Crippen LogP contribution < -0.4 is 16.8 Å². The maximum Gasteiger partial charge on any atom is 0.255 e. The van der Waals surface area contributed by atoms with E-state index in [-0.39, 0.29) is 21.3 Å². The average molecular weight is 314 g/mol. The van der Waals surface area contributed by atoms with Crippen molar-refractivity contribution >= 4 is 46.2 Å². The minimum absolute atomic E-state index is 0.000208. The second-order valence-corrected chi connectivity index (χ2v) is 4.90. The molecule has 0 unspecified atom stereocenters. The molecule has 0 saturated carbocycles. The molecule has 5 N–H and O–H groups in total. The first-order valence-electron chi connectivity index (χ1n) is 5.49. The third-order valence-electron chi connectivity index (χ3n) is 2.49. The van der Waals surface area contributed by atoms with E-state index < -0.39 is 11.7 Å². The first-order valence-corrected chi connectivity index (χ1v) is 6.24. The fourth-order valence-corrected chi connectivity index (χ4v) is 2.21. The first kappa shape index (κ1) is 14.4. The minimum atomic E-state index is -0.591. The summed E-state index contributed by atoms with van der Waals surface area (Å²) in [5.74, 6) is -1.09. The summed E-state index contributed by atoms with van der Waals surface area (Å²) in [5.41, 5.74) is 12.3. The molecule has 20 heavy (non-hydrogen) atoms. The molecule has 0 aliphatic heterocycles. The van der Waals surface area contributed by atoms with Crippen molar-refractivity contribution in [3.05, 3.63) is 51.8 Å². The van der Waals surface area contributed by atoms with Crippen LogP contribution in [0.25, 0.3) is 0 Å². The summed E-state index contributed by atoms with van der Waals surface area (Å²) in [6.45, 7) is 0. The number of amides is 1. The first-order chi connectivity index (χ1) is 9.36. The standard InChI is InChI=1S/C13H10Cl2FN3O/c14-10-3-7(16)4-11(15)12(10)19-13(20)6-1-8(17)5-9(18)2-6/h1-5H,17-18H2,(H,19,20). The molecule has 1 amide bonds. The van der Waals surface area contributed by atoms with Crippen molar-refractivity contribution in [3.63, 3.8) is 0 Å². The zero-order chi connectivity index (χ0) is 14.9. The number of hydrogen-bond donors (Lipinski definition) is 3. The lowest BCUT2D eigenvalue weighted by atomic mass is 10.1. The molecule has 0 spiro atoms. The van der Waals surface area contributed by atoms with E-state index in [1.807, 2.05) is 0 Å². The van der Waals surface area contributed by atoms with Gasteiger partial charge in [0.1, 0.15) is 5.82 Å². The van der Waals surface area contributed by atoms with Gasteiger partial charge in [0.2, 0.25) is 0 Å². The molecule has 0 radical (unpaired) electrons. The number of rotatable bonds is 2. The van der Waals surface area contributed by atoms with Gasteiger partial charge >= 0.3 is 0 Å². The van der Waals surface area contributed by atoms with Crippen molar-refractivity contribution in [1.82, 2.24) is 0 Å². The van der Waals surface area contributed by atoms with E-state index in [1.165, 1.54) is 18.2 Å². The largest absolute Gasteiger partial charge is 0.399 e. The predicted molar refractivity (Wildman–Crippen MR) is 79.6 cm³/mol. The summed E-state index contributed by atoms with van der Waals surface area (Å²) < 4.78 is 13.1. The smallest absolute Gasteiger partial charge is 0.255 e. The van der Waals surface area contributed by atoms with Gasteiger partial charge in [-0.25, -0.2) is 4.39 Å². The predicted octanol–water partition coefficient (Wildman–Crippen LogP) is 3.55. The van der Waals surface area contributed by atoms with Crippen LogP contribution in [-0.2, 0) is 0 Å². The van der Waals surface area contributed by atoms with Gasteiger partial charge in [-0.15, -0.1) is 0 Å². The molecule has 2 rings (SSSR count). The van der Waals surface area contributed by atoms with Crippen molar-refractivity contribution in [1.29, 1.82) is 0 Å². The molecule has 2 aromatic carbocycles. The average Bonchev–Trinajstić information content (AvgIpc) is 2.32. The molecule has 2 aromatic rings. The number of carbonyl (C=O) groups is 1. The van der Waals surface area contributed by atoms with Crippen LogP contribution in [0.1, 0.15) is 10.4 Å². The molecule has 4 nitrogen and oxygen atoms in total. The zero-order valence-corrected chi connectivity index (χ0v) is 11.6. The highest BCUT2D eigenvalue weighted by Crippen LogP contribution is 2.31. The third-order valence-corrected chi connectivity index (χ3v) is 3.08. The summed E-state index contributed by atoms with van der Waals surface area (Å²) in [6.07, 6.45) is 0. The molecule has 0 aromatic heterocycles. The van der Waals surface area contributed by atoms with Crippen LogP contribution >= 0.6 is 23.2 Å². The van der Waals surface area contributed by atoms with Crippen LogP contribution in [0.2, 0.25) is 10.0 Å². The molecule has 0 saturated heterocycles. The number of nitrogens with two attached hydrogens (primary N) is 2. The van der Waals surface area contributed by atoms with Crippen LogP contribution in [0.5, 0.6) is 0 Å². The summed E-state index contributed by atoms with van der Waals surface area (Å²) in [7, 11) is 0. The van der Waals surface area contributed by atoms with E-state index in [2.05, 4.69) is 5.32 Å². The highest BCUT2D eigenvalue weighted by molar-refractivity contribution is 6.40. The van der Waals surface area contributed by atoms with E-state index in [0.29, 0.717) is 11.4 Å². The Morgan fingerprint density at radius 2 is 1.50 bits per heavy atom. The Morgan fingerprint density at radius 1 is 1.00 bits per heavy atom. The molecule has 0 bridgehead atoms. The lowest BCUT2D eigenvalue weighted by Gasteiger charge is -2.10. The number of anilines is 3. The zero-order valence-electron chi connectivity index (χ0n) is 10.1. The summed E-state index contributed by atoms with van der Waals surface area (Å²) >= 11 is 11.7. The van der Waals surface area contributed by atoms with Gasteiger partial charge in [0.05, 0.1) is 15.7 Å². The SMILES string of the molecule is Nc1cc(N)cc(C(=O)Nc2c(Cl)cc(F)cc2Cl)c1. The number of halogens is 3. The van der Waals surface area contributed by atoms with Gasteiger partial charge < -0.3 is 16.8 Å². The van der Waals surface area contributed by atoms with E-state index in [9.17, 15) is 9.18 Å². The van der Waals surface area contributed by atoms with Gasteiger partial charge in [0, 0.05) is 16.9 Å². The topological polar surface area (TPSA) is 81.1 Å². The van der Waals surface area contributed by atoms with E-state index in [1.54, 1.807) is 0 Å². The van der Waals surface area contributed by atoms with Gasteiger partial charge in [-0.2, -0.15) is 0 Å².